The van der Waals surface area contributed by atoms with Crippen molar-refractivity contribution in [3.8, 4) is 11.5 Å². The SMILES string of the molecule is CCCCCCC(C)(C)c1cc(O)c(C2CCCC(C)C2)c(O)c1. The van der Waals surface area contributed by atoms with Crippen molar-refractivity contribution in [1.82, 2.24) is 0 Å². The molecule has 1 saturated carbocycles. The van der Waals surface area contributed by atoms with Gasteiger partial charge in [0.2, 0.25) is 0 Å². The first kappa shape index (κ1) is 19.1. The summed E-state index contributed by atoms with van der Waals surface area (Å²) < 4.78 is 0. The monoisotopic (exact) mass is 332 g/mol. The molecule has 2 nitrogen and oxygen atoms in total. The number of hydrogen-bond acceptors (Lipinski definition) is 2. The van der Waals surface area contributed by atoms with Crippen LogP contribution in [0.1, 0.15) is 103 Å². The third-order valence-corrected chi connectivity index (χ3v) is 5.92. The van der Waals surface area contributed by atoms with Crippen molar-refractivity contribution in [2.24, 2.45) is 5.92 Å². The fourth-order valence-corrected chi connectivity index (χ4v) is 4.27. The topological polar surface area (TPSA) is 40.5 Å². The van der Waals surface area contributed by atoms with Crippen LogP contribution in [0.5, 0.6) is 11.5 Å². The summed E-state index contributed by atoms with van der Waals surface area (Å²) in [6.45, 7) is 8.94. The number of phenols is 2. The van der Waals surface area contributed by atoms with Crippen molar-refractivity contribution < 1.29 is 10.2 Å². The van der Waals surface area contributed by atoms with Crippen LogP contribution in [0.2, 0.25) is 0 Å². The maximum Gasteiger partial charge on any atom is 0.123 e. The predicted molar refractivity (Wildman–Crippen MR) is 102 cm³/mol. The number of phenolic OH excluding ortho intramolecular Hbond substituents is 2. The number of unbranched alkanes of at least 4 members (excludes halogenated alkanes) is 3. The van der Waals surface area contributed by atoms with E-state index in [0.717, 1.165) is 30.4 Å². The molecule has 1 aliphatic rings. The Morgan fingerprint density at radius 1 is 1.04 bits per heavy atom. The van der Waals surface area contributed by atoms with Gasteiger partial charge in [0.25, 0.3) is 0 Å². The smallest absolute Gasteiger partial charge is 0.123 e. The highest BCUT2D eigenvalue weighted by Gasteiger charge is 2.28. The van der Waals surface area contributed by atoms with Crippen LogP contribution >= 0.6 is 0 Å². The molecule has 0 amide bonds. The Balaban J connectivity index is 2.16. The molecule has 0 heterocycles. The normalized spacial score (nSPS) is 21.8. The van der Waals surface area contributed by atoms with E-state index in [-0.39, 0.29) is 5.41 Å². The Morgan fingerprint density at radius 3 is 2.29 bits per heavy atom. The summed E-state index contributed by atoms with van der Waals surface area (Å²) in [5.74, 6) is 1.57. The van der Waals surface area contributed by atoms with Crippen molar-refractivity contribution in [2.45, 2.75) is 96.8 Å². The zero-order valence-electron chi connectivity index (χ0n) is 16.1. The van der Waals surface area contributed by atoms with Crippen molar-refractivity contribution in [2.75, 3.05) is 0 Å². The van der Waals surface area contributed by atoms with E-state index in [1.165, 1.54) is 38.5 Å². The first-order chi connectivity index (χ1) is 11.3. The fourth-order valence-electron chi connectivity index (χ4n) is 4.27. The molecule has 2 atom stereocenters. The molecule has 0 spiro atoms. The average molecular weight is 333 g/mol. The molecule has 1 aromatic rings. The molecule has 2 unspecified atom stereocenters. The predicted octanol–water partition coefficient (Wildman–Crippen LogP) is 6.64. The van der Waals surface area contributed by atoms with Crippen molar-refractivity contribution in [1.29, 1.82) is 0 Å². The van der Waals surface area contributed by atoms with Crippen LogP contribution in [-0.4, -0.2) is 10.2 Å². The minimum atomic E-state index is -0.0128. The average Bonchev–Trinajstić information content (AvgIpc) is 2.51. The quantitative estimate of drug-likeness (QED) is 0.549. The first-order valence-corrected chi connectivity index (χ1v) is 9.91. The van der Waals surface area contributed by atoms with Gasteiger partial charge >= 0.3 is 0 Å². The number of benzene rings is 1. The van der Waals surface area contributed by atoms with E-state index < -0.39 is 0 Å². The molecule has 0 radical (unpaired) electrons. The van der Waals surface area contributed by atoms with E-state index in [4.69, 9.17) is 0 Å². The van der Waals surface area contributed by atoms with E-state index >= 15 is 0 Å². The summed E-state index contributed by atoms with van der Waals surface area (Å²) in [7, 11) is 0. The molecular weight excluding hydrogens is 296 g/mol. The van der Waals surface area contributed by atoms with E-state index in [9.17, 15) is 10.2 Å². The van der Waals surface area contributed by atoms with Crippen LogP contribution in [0, 0.1) is 5.92 Å². The maximum atomic E-state index is 10.6. The van der Waals surface area contributed by atoms with Crippen LogP contribution in [0.25, 0.3) is 0 Å². The first-order valence-electron chi connectivity index (χ1n) is 9.91. The number of rotatable bonds is 7. The molecule has 2 rings (SSSR count). The fraction of sp³-hybridized carbons (Fsp3) is 0.727. The van der Waals surface area contributed by atoms with Crippen molar-refractivity contribution in [3.05, 3.63) is 23.3 Å². The lowest BCUT2D eigenvalue weighted by atomic mass is 9.75. The second kappa shape index (κ2) is 8.27. The molecular formula is C22H36O2. The van der Waals surface area contributed by atoms with Gasteiger partial charge in [-0.25, -0.2) is 0 Å². The molecule has 2 N–H and O–H groups in total. The third-order valence-electron chi connectivity index (χ3n) is 5.92. The molecule has 0 saturated heterocycles. The lowest BCUT2D eigenvalue weighted by molar-refractivity contribution is 0.326. The maximum absolute atomic E-state index is 10.6. The number of hydrogen-bond donors (Lipinski definition) is 2. The molecule has 24 heavy (non-hydrogen) atoms. The summed E-state index contributed by atoms with van der Waals surface area (Å²) in [4.78, 5) is 0. The molecule has 2 heteroatoms. The van der Waals surface area contributed by atoms with Gasteiger partial charge in [-0.1, -0.05) is 66.2 Å². The lowest BCUT2D eigenvalue weighted by Crippen LogP contribution is -2.18. The second-order valence-electron chi connectivity index (χ2n) is 8.59. The largest absolute Gasteiger partial charge is 0.508 e. The van der Waals surface area contributed by atoms with Crippen LogP contribution in [0.4, 0.5) is 0 Å². The zero-order valence-corrected chi connectivity index (χ0v) is 16.1. The molecule has 0 aromatic heterocycles. The number of aromatic hydroxyl groups is 2. The van der Waals surface area contributed by atoms with Gasteiger partial charge in [0.1, 0.15) is 11.5 Å². The van der Waals surface area contributed by atoms with Crippen LogP contribution in [-0.2, 0) is 5.41 Å². The summed E-state index contributed by atoms with van der Waals surface area (Å²) in [6, 6.07) is 3.82. The van der Waals surface area contributed by atoms with Gasteiger partial charge in [-0.15, -0.1) is 0 Å². The standard InChI is InChI=1S/C22H36O2/c1-5-6-7-8-12-22(3,4)18-14-19(23)21(20(24)15-18)17-11-9-10-16(2)13-17/h14-17,23-24H,5-13H2,1-4H3. The van der Waals surface area contributed by atoms with E-state index in [0.29, 0.717) is 23.3 Å². The molecule has 1 aromatic carbocycles. The highest BCUT2D eigenvalue weighted by Crippen LogP contribution is 2.45. The highest BCUT2D eigenvalue weighted by molar-refractivity contribution is 5.50. The Labute approximate surface area is 148 Å². The molecule has 1 aliphatic carbocycles. The highest BCUT2D eigenvalue weighted by atomic mass is 16.3. The Hall–Kier alpha value is -1.18. The van der Waals surface area contributed by atoms with Crippen LogP contribution in [0.3, 0.4) is 0 Å². The van der Waals surface area contributed by atoms with Gasteiger partial charge < -0.3 is 10.2 Å². The van der Waals surface area contributed by atoms with Gasteiger partial charge in [0.05, 0.1) is 0 Å². The van der Waals surface area contributed by atoms with Crippen LogP contribution < -0.4 is 0 Å². The van der Waals surface area contributed by atoms with Crippen LogP contribution in [0.15, 0.2) is 12.1 Å². The second-order valence-corrected chi connectivity index (χ2v) is 8.59. The van der Waals surface area contributed by atoms with E-state index in [1.807, 2.05) is 12.1 Å². The van der Waals surface area contributed by atoms with Gasteiger partial charge in [0.15, 0.2) is 0 Å². The van der Waals surface area contributed by atoms with E-state index in [1.54, 1.807) is 0 Å². The third kappa shape index (κ3) is 4.68. The van der Waals surface area contributed by atoms with Gasteiger partial charge in [-0.05, 0) is 54.2 Å². The minimum absolute atomic E-state index is 0.0128. The van der Waals surface area contributed by atoms with Gasteiger partial charge in [-0.3, -0.25) is 0 Å². The van der Waals surface area contributed by atoms with E-state index in [2.05, 4.69) is 27.7 Å². The summed E-state index contributed by atoms with van der Waals surface area (Å²) in [5, 5.41) is 21.2. The Morgan fingerprint density at radius 2 is 1.71 bits per heavy atom. The Kier molecular flexibility index (Phi) is 6.60. The molecule has 0 bridgehead atoms. The molecule has 0 aliphatic heterocycles. The summed E-state index contributed by atoms with van der Waals surface area (Å²) in [6.07, 6.45) is 10.7. The zero-order chi connectivity index (χ0) is 17.7. The molecule has 1 fully saturated rings. The van der Waals surface area contributed by atoms with Gasteiger partial charge in [-0.2, -0.15) is 0 Å². The lowest BCUT2D eigenvalue weighted by Gasteiger charge is -2.30. The summed E-state index contributed by atoms with van der Waals surface area (Å²) in [5.41, 5.74) is 1.83. The summed E-state index contributed by atoms with van der Waals surface area (Å²) >= 11 is 0. The van der Waals surface area contributed by atoms with Crippen molar-refractivity contribution >= 4 is 0 Å². The van der Waals surface area contributed by atoms with Gasteiger partial charge in [0, 0.05) is 5.56 Å². The van der Waals surface area contributed by atoms with Crippen molar-refractivity contribution in [3.63, 3.8) is 0 Å². The molecule has 136 valence electrons. The minimum Gasteiger partial charge on any atom is -0.508 e. The Bertz CT molecular complexity index is 510.